The molecule has 1 fully saturated rings. The molecule has 16 heavy (non-hydrogen) atoms. The van der Waals surface area contributed by atoms with Crippen LogP contribution in [0.25, 0.3) is 0 Å². The summed E-state index contributed by atoms with van der Waals surface area (Å²) in [6.07, 6.45) is 6.51. The van der Waals surface area contributed by atoms with Crippen LogP contribution >= 0.6 is 0 Å². The second kappa shape index (κ2) is 6.61. The Hall–Kier alpha value is -0.0800. The predicted molar refractivity (Wildman–Crippen MR) is 71.8 cm³/mol. The minimum absolute atomic E-state index is 0.406. The summed E-state index contributed by atoms with van der Waals surface area (Å²) in [4.78, 5) is 2.45. The van der Waals surface area contributed by atoms with E-state index in [0.29, 0.717) is 5.54 Å². The van der Waals surface area contributed by atoms with Crippen LogP contribution in [0.15, 0.2) is 0 Å². The molecule has 1 aliphatic heterocycles. The molecule has 0 aromatic rings. The molecule has 96 valence electrons. The summed E-state index contributed by atoms with van der Waals surface area (Å²) in [5.74, 6) is 0.903. The minimum Gasteiger partial charge on any atom is -0.311 e. The van der Waals surface area contributed by atoms with Crippen molar-refractivity contribution in [2.24, 2.45) is 5.92 Å². The summed E-state index contributed by atoms with van der Waals surface area (Å²) in [7, 11) is 2.23. The fourth-order valence-electron chi connectivity index (χ4n) is 2.75. The normalized spacial score (nSPS) is 20.2. The molecule has 2 nitrogen and oxygen atoms in total. The Labute approximate surface area is 102 Å². The molecule has 0 spiro atoms. The van der Waals surface area contributed by atoms with Crippen LogP contribution in [-0.2, 0) is 0 Å². The third kappa shape index (κ3) is 3.74. The van der Waals surface area contributed by atoms with Crippen molar-refractivity contribution in [2.45, 2.75) is 58.4 Å². The van der Waals surface area contributed by atoms with Crippen LogP contribution in [0.4, 0.5) is 0 Å². The smallest absolute Gasteiger partial charge is 0.0173 e. The van der Waals surface area contributed by atoms with E-state index in [1.54, 1.807) is 0 Å². The number of nitrogens with one attached hydrogen (secondary N) is 1. The maximum Gasteiger partial charge on any atom is 0.0173 e. The van der Waals surface area contributed by atoms with Gasteiger partial charge in [-0.3, -0.25) is 0 Å². The second-order valence-electron chi connectivity index (χ2n) is 5.47. The summed E-state index contributed by atoms with van der Waals surface area (Å²) in [5, 5.41) is 3.85. The van der Waals surface area contributed by atoms with E-state index in [1.807, 2.05) is 0 Å². The quantitative estimate of drug-likeness (QED) is 0.749. The maximum atomic E-state index is 3.85. The Bertz CT molecular complexity index is 171. The Morgan fingerprint density at radius 1 is 1.06 bits per heavy atom. The highest BCUT2D eigenvalue weighted by Crippen LogP contribution is 2.21. The zero-order valence-corrected chi connectivity index (χ0v) is 11.7. The van der Waals surface area contributed by atoms with Crippen molar-refractivity contribution in [1.29, 1.82) is 0 Å². The Kier molecular flexibility index (Phi) is 5.77. The lowest BCUT2D eigenvalue weighted by molar-refractivity contribution is 0.193. The zero-order chi connectivity index (χ0) is 12.0. The predicted octanol–water partition coefficient (Wildman–Crippen LogP) is 2.89. The van der Waals surface area contributed by atoms with Crippen LogP contribution in [0.5, 0.6) is 0 Å². The standard InChI is InChI=1S/C14H30N2/c1-5-14(6-2,7-3)15-12-13-8-10-16(4)11-9-13/h13,15H,5-12H2,1-4H3. The number of likely N-dealkylation sites (tertiary alicyclic amines) is 1. The number of piperidine rings is 1. The van der Waals surface area contributed by atoms with Gasteiger partial charge in [0.15, 0.2) is 0 Å². The summed E-state index contributed by atoms with van der Waals surface area (Å²) in [5.41, 5.74) is 0.406. The first-order valence-electron chi connectivity index (χ1n) is 7.09. The summed E-state index contributed by atoms with van der Waals surface area (Å²) < 4.78 is 0. The topological polar surface area (TPSA) is 15.3 Å². The Morgan fingerprint density at radius 3 is 2.00 bits per heavy atom. The molecule has 0 saturated carbocycles. The van der Waals surface area contributed by atoms with Crippen molar-refractivity contribution in [3.8, 4) is 0 Å². The van der Waals surface area contributed by atoms with Crippen molar-refractivity contribution >= 4 is 0 Å². The molecule has 1 aliphatic rings. The number of nitrogens with zero attached hydrogens (tertiary/aromatic N) is 1. The van der Waals surface area contributed by atoms with Gasteiger partial charge in [0.05, 0.1) is 0 Å². The van der Waals surface area contributed by atoms with E-state index in [4.69, 9.17) is 0 Å². The van der Waals surface area contributed by atoms with E-state index >= 15 is 0 Å². The molecule has 0 aromatic carbocycles. The number of rotatable bonds is 6. The molecule has 1 heterocycles. The first-order chi connectivity index (χ1) is 7.65. The van der Waals surface area contributed by atoms with Gasteiger partial charge in [0.1, 0.15) is 0 Å². The van der Waals surface area contributed by atoms with Crippen LogP contribution in [0, 0.1) is 5.92 Å². The van der Waals surface area contributed by atoms with Gasteiger partial charge in [-0.05, 0) is 64.7 Å². The lowest BCUT2D eigenvalue weighted by Gasteiger charge is -2.36. The minimum atomic E-state index is 0.406. The molecule has 2 heteroatoms. The second-order valence-corrected chi connectivity index (χ2v) is 5.47. The van der Waals surface area contributed by atoms with Crippen LogP contribution in [0.2, 0.25) is 0 Å². The van der Waals surface area contributed by atoms with E-state index in [9.17, 15) is 0 Å². The highest BCUT2D eigenvalue weighted by molar-refractivity contribution is 4.85. The monoisotopic (exact) mass is 226 g/mol. The molecule has 0 aliphatic carbocycles. The van der Waals surface area contributed by atoms with E-state index in [-0.39, 0.29) is 0 Å². The van der Waals surface area contributed by atoms with Crippen LogP contribution in [-0.4, -0.2) is 37.1 Å². The third-order valence-corrected chi connectivity index (χ3v) is 4.63. The Balaban J connectivity index is 2.32. The van der Waals surface area contributed by atoms with Gasteiger partial charge >= 0.3 is 0 Å². The van der Waals surface area contributed by atoms with Gasteiger partial charge in [-0.15, -0.1) is 0 Å². The lowest BCUT2D eigenvalue weighted by Crippen LogP contribution is -2.47. The van der Waals surface area contributed by atoms with E-state index in [0.717, 1.165) is 5.92 Å². The van der Waals surface area contributed by atoms with E-state index in [2.05, 4.69) is 38.0 Å². The summed E-state index contributed by atoms with van der Waals surface area (Å²) >= 11 is 0. The van der Waals surface area contributed by atoms with Crippen molar-refractivity contribution in [3.05, 3.63) is 0 Å². The van der Waals surface area contributed by atoms with Gasteiger partial charge in [-0.25, -0.2) is 0 Å². The molecule has 0 radical (unpaired) electrons. The van der Waals surface area contributed by atoms with Gasteiger partial charge in [0.25, 0.3) is 0 Å². The first kappa shape index (κ1) is 14.0. The average Bonchev–Trinajstić information content (AvgIpc) is 2.34. The van der Waals surface area contributed by atoms with Crippen LogP contribution < -0.4 is 5.32 Å². The van der Waals surface area contributed by atoms with Gasteiger partial charge in [0.2, 0.25) is 0 Å². The molecule has 0 bridgehead atoms. The largest absolute Gasteiger partial charge is 0.311 e. The molecular formula is C14H30N2. The van der Waals surface area contributed by atoms with E-state index in [1.165, 1.54) is 51.7 Å². The van der Waals surface area contributed by atoms with Crippen molar-refractivity contribution in [1.82, 2.24) is 10.2 Å². The molecule has 0 atom stereocenters. The molecule has 1 saturated heterocycles. The number of hydrogen-bond donors (Lipinski definition) is 1. The average molecular weight is 226 g/mol. The van der Waals surface area contributed by atoms with Crippen LogP contribution in [0.1, 0.15) is 52.9 Å². The van der Waals surface area contributed by atoms with Gasteiger partial charge < -0.3 is 10.2 Å². The molecule has 0 unspecified atom stereocenters. The van der Waals surface area contributed by atoms with Crippen molar-refractivity contribution in [2.75, 3.05) is 26.7 Å². The van der Waals surface area contributed by atoms with E-state index < -0.39 is 0 Å². The highest BCUT2D eigenvalue weighted by atomic mass is 15.1. The van der Waals surface area contributed by atoms with Crippen LogP contribution in [0.3, 0.4) is 0 Å². The number of hydrogen-bond acceptors (Lipinski definition) is 2. The molecule has 1 N–H and O–H groups in total. The first-order valence-corrected chi connectivity index (χ1v) is 7.09. The lowest BCUT2D eigenvalue weighted by atomic mass is 9.88. The Morgan fingerprint density at radius 2 is 1.56 bits per heavy atom. The molecule has 0 aromatic heterocycles. The van der Waals surface area contributed by atoms with Gasteiger partial charge in [-0.2, -0.15) is 0 Å². The highest BCUT2D eigenvalue weighted by Gasteiger charge is 2.25. The van der Waals surface area contributed by atoms with Gasteiger partial charge in [-0.1, -0.05) is 20.8 Å². The SMILES string of the molecule is CCC(CC)(CC)NCC1CCN(C)CC1. The fourth-order valence-corrected chi connectivity index (χ4v) is 2.75. The zero-order valence-electron chi connectivity index (χ0n) is 11.7. The molecular weight excluding hydrogens is 196 g/mol. The van der Waals surface area contributed by atoms with Gasteiger partial charge in [0, 0.05) is 5.54 Å². The molecule has 1 rings (SSSR count). The maximum absolute atomic E-state index is 3.85. The third-order valence-electron chi connectivity index (χ3n) is 4.63. The fraction of sp³-hybridized carbons (Fsp3) is 1.00. The molecule has 0 amide bonds. The summed E-state index contributed by atoms with van der Waals surface area (Å²) in [6, 6.07) is 0. The van der Waals surface area contributed by atoms with Crippen molar-refractivity contribution < 1.29 is 0 Å². The van der Waals surface area contributed by atoms with Crippen molar-refractivity contribution in [3.63, 3.8) is 0 Å². The summed E-state index contributed by atoms with van der Waals surface area (Å²) in [6.45, 7) is 10.7.